The zero-order valence-electron chi connectivity index (χ0n) is 17.4. The number of amides is 2. The topological polar surface area (TPSA) is 70.6 Å². The summed E-state index contributed by atoms with van der Waals surface area (Å²) in [4.78, 5) is 24.8. The van der Waals surface area contributed by atoms with Crippen molar-refractivity contribution < 1.29 is 9.59 Å². The van der Waals surface area contributed by atoms with E-state index in [9.17, 15) is 9.59 Å². The van der Waals surface area contributed by atoms with E-state index in [2.05, 4.69) is 28.0 Å². The van der Waals surface area contributed by atoms with Gasteiger partial charge in [-0.05, 0) is 55.4 Å². The quantitative estimate of drug-likeness (QED) is 0.535. The number of hydrogen-bond acceptors (Lipinski definition) is 3. The van der Waals surface area contributed by atoms with Crippen LogP contribution in [-0.2, 0) is 9.59 Å². The predicted molar refractivity (Wildman–Crippen MR) is 119 cm³/mol. The molecule has 2 atom stereocenters. The molecule has 0 aromatic heterocycles. The van der Waals surface area contributed by atoms with Crippen molar-refractivity contribution in [3.8, 4) is 0 Å². The van der Waals surface area contributed by atoms with E-state index in [0.717, 1.165) is 49.1 Å². The number of rotatable bonds is 6. The number of nitrogens with zero attached hydrogens (tertiary/aromatic N) is 1. The Kier molecular flexibility index (Phi) is 6.26. The van der Waals surface area contributed by atoms with Gasteiger partial charge in [-0.25, -0.2) is 5.43 Å². The molecule has 2 aliphatic carbocycles. The molecule has 30 heavy (non-hydrogen) atoms. The summed E-state index contributed by atoms with van der Waals surface area (Å²) in [5.41, 5.74) is 6.38. The van der Waals surface area contributed by atoms with Gasteiger partial charge in [0.1, 0.15) is 0 Å². The molecular formula is C25H29N3O2. The van der Waals surface area contributed by atoms with Crippen molar-refractivity contribution >= 4 is 23.2 Å². The van der Waals surface area contributed by atoms with Crippen LogP contribution in [0.5, 0.6) is 0 Å². The van der Waals surface area contributed by atoms with Gasteiger partial charge in [0.2, 0.25) is 11.8 Å². The van der Waals surface area contributed by atoms with Gasteiger partial charge in [-0.1, -0.05) is 61.7 Å². The van der Waals surface area contributed by atoms with Crippen molar-refractivity contribution in [1.29, 1.82) is 0 Å². The molecule has 0 spiro atoms. The SMILES string of the molecule is C/C(=N\NC(=O)C1CC1c1ccccc1)c1ccc(NC(=O)C2CCCCC2)cc1. The first-order valence-corrected chi connectivity index (χ1v) is 10.9. The van der Waals surface area contributed by atoms with E-state index in [4.69, 9.17) is 0 Å². The smallest absolute Gasteiger partial charge is 0.243 e. The Bertz CT molecular complexity index is 915. The summed E-state index contributed by atoms with van der Waals surface area (Å²) in [6, 6.07) is 17.8. The lowest BCUT2D eigenvalue weighted by Crippen LogP contribution is -2.24. The van der Waals surface area contributed by atoms with E-state index in [1.54, 1.807) is 0 Å². The second kappa shape index (κ2) is 9.24. The van der Waals surface area contributed by atoms with Gasteiger partial charge in [-0.2, -0.15) is 5.10 Å². The van der Waals surface area contributed by atoms with Crippen LogP contribution in [0.15, 0.2) is 59.7 Å². The zero-order chi connectivity index (χ0) is 20.9. The van der Waals surface area contributed by atoms with E-state index in [0.29, 0.717) is 5.92 Å². The Hall–Kier alpha value is -2.95. The van der Waals surface area contributed by atoms with E-state index in [1.807, 2.05) is 49.4 Å². The Morgan fingerprint density at radius 1 is 0.900 bits per heavy atom. The fourth-order valence-electron chi connectivity index (χ4n) is 4.24. The first-order valence-electron chi connectivity index (χ1n) is 10.9. The predicted octanol–water partition coefficient (Wildman–Crippen LogP) is 4.85. The third-order valence-corrected chi connectivity index (χ3v) is 6.23. The number of carbonyl (C=O) groups is 2. The van der Waals surface area contributed by atoms with E-state index in [-0.39, 0.29) is 23.7 Å². The molecule has 2 saturated carbocycles. The van der Waals surface area contributed by atoms with Crippen molar-refractivity contribution in [3.05, 3.63) is 65.7 Å². The van der Waals surface area contributed by atoms with Crippen LogP contribution in [0.25, 0.3) is 0 Å². The standard InChI is InChI=1S/C25H29N3O2/c1-17(27-28-25(30)23-16-22(23)19-8-4-2-5-9-19)18-12-14-21(15-13-18)26-24(29)20-10-6-3-7-11-20/h2,4-5,8-9,12-15,20,22-23H,3,6-7,10-11,16H2,1H3,(H,26,29)(H,28,30)/b27-17+. The Morgan fingerprint density at radius 2 is 1.60 bits per heavy atom. The van der Waals surface area contributed by atoms with Crippen LogP contribution in [-0.4, -0.2) is 17.5 Å². The largest absolute Gasteiger partial charge is 0.326 e. The lowest BCUT2D eigenvalue weighted by molar-refractivity contribution is -0.122. The van der Waals surface area contributed by atoms with Crippen LogP contribution in [0.4, 0.5) is 5.69 Å². The fourth-order valence-corrected chi connectivity index (χ4v) is 4.24. The third-order valence-electron chi connectivity index (χ3n) is 6.23. The summed E-state index contributed by atoms with van der Waals surface area (Å²) in [5.74, 6) is 0.534. The van der Waals surface area contributed by atoms with Crippen LogP contribution in [0, 0.1) is 11.8 Å². The number of carbonyl (C=O) groups excluding carboxylic acids is 2. The zero-order valence-corrected chi connectivity index (χ0v) is 17.4. The van der Waals surface area contributed by atoms with E-state index < -0.39 is 0 Å². The molecule has 2 aromatic carbocycles. The molecule has 2 aromatic rings. The van der Waals surface area contributed by atoms with Gasteiger partial charge in [0, 0.05) is 17.5 Å². The van der Waals surface area contributed by atoms with E-state index in [1.165, 1.54) is 12.0 Å². The molecule has 0 aliphatic heterocycles. The number of anilines is 1. The number of benzene rings is 2. The first kappa shape index (κ1) is 20.3. The van der Waals surface area contributed by atoms with Crippen molar-refractivity contribution in [3.63, 3.8) is 0 Å². The number of hydrogen-bond donors (Lipinski definition) is 2. The molecule has 2 aliphatic rings. The maximum atomic E-state index is 12.4. The van der Waals surface area contributed by atoms with Crippen LogP contribution in [0.1, 0.15) is 62.5 Å². The van der Waals surface area contributed by atoms with Gasteiger partial charge in [0.25, 0.3) is 0 Å². The second-order valence-corrected chi connectivity index (χ2v) is 8.43. The molecule has 2 unspecified atom stereocenters. The molecule has 0 heterocycles. The molecule has 156 valence electrons. The van der Waals surface area contributed by atoms with Gasteiger partial charge in [-0.3, -0.25) is 9.59 Å². The minimum absolute atomic E-state index is 0.00123. The van der Waals surface area contributed by atoms with Gasteiger partial charge in [0.05, 0.1) is 5.71 Å². The van der Waals surface area contributed by atoms with E-state index >= 15 is 0 Å². The van der Waals surface area contributed by atoms with Crippen LogP contribution >= 0.6 is 0 Å². The molecule has 2 N–H and O–H groups in total. The van der Waals surface area contributed by atoms with Gasteiger partial charge in [-0.15, -0.1) is 0 Å². The van der Waals surface area contributed by atoms with Crippen LogP contribution in [0.3, 0.4) is 0 Å². The fraction of sp³-hybridized carbons (Fsp3) is 0.400. The second-order valence-electron chi connectivity index (χ2n) is 8.43. The number of nitrogens with one attached hydrogen (secondary N) is 2. The van der Waals surface area contributed by atoms with Gasteiger partial charge < -0.3 is 5.32 Å². The monoisotopic (exact) mass is 403 g/mol. The molecule has 0 radical (unpaired) electrons. The first-order chi connectivity index (χ1) is 14.6. The maximum absolute atomic E-state index is 12.4. The Balaban J connectivity index is 1.29. The summed E-state index contributed by atoms with van der Waals surface area (Å²) >= 11 is 0. The average molecular weight is 404 g/mol. The Morgan fingerprint density at radius 3 is 2.30 bits per heavy atom. The third kappa shape index (κ3) is 4.96. The highest BCUT2D eigenvalue weighted by atomic mass is 16.2. The Labute approximate surface area is 178 Å². The van der Waals surface area contributed by atoms with Crippen molar-refractivity contribution in [1.82, 2.24) is 5.43 Å². The van der Waals surface area contributed by atoms with Crippen LogP contribution < -0.4 is 10.7 Å². The molecule has 2 fully saturated rings. The van der Waals surface area contributed by atoms with Crippen molar-refractivity contribution in [2.24, 2.45) is 16.9 Å². The lowest BCUT2D eigenvalue weighted by atomic mass is 9.88. The van der Waals surface area contributed by atoms with Crippen LogP contribution in [0.2, 0.25) is 0 Å². The lowest BCUT2D eigenvalue weighted by Gasteiger charge is -2.20. The molecule has 0 bridgehead atoms. The summed E-state index contributed by atoms with van der Waals surface area (Å²) < 4.78 is 0. The van der Waals surface area contributed by atoms with Crippen molar-refractivity contribution in [2.45, 2.75) is 51.4 Å². The van der Waals surface area contributed by atoms with Crippen molar-refractivity contribution in [2.75, 3.05) is 5.32 Å². The van der Waals surface area contributed by atoms with Gasteiger partial charge >= 0.3 is 0 Å². The molecule has 5 nitrogen and oxygen atoms in total. The minimum Gasteiger partial charge on any atom is -0.326 e. The minimum atomic E-state index is -0.0282. The van der Waals surface area contributed by atoms with Gasteiger partial charge in [0.15, 0.2) is 0 Å². The highest BCUT2D eigenvalue weighted by molar-refractivity contribution is 6.00. The molecule has 0 saturated heterocycles. The highest BCUT2D eigenvalue weighted by Gasteiger charge is 2.43. The maximum Gasteiger partial charge on any atom is 0.243 e. The molecule has 2 amide bonds. The molecule has 5 heteroatoms. The summed E-state index contributed by atoms with van der Waals surface area (Å²) in [6.07, 6.45) is 6.38. The molecule has 4 rings (SSSR count). The normalized spacial score (nSPS) is 21.7. The number of hydrazone groups is 1. The molecular weight excluding hydrogens is 374 g/mol. The summed E-state index contributed by atoms with van der Waals surface area (Å²) in [7, 11) is 0. The summed E-state index contributed by atoms with van der Waals surface area (Å²) in [5, 5.41) is 7.30. The highest BCUT2D eigenvalue weighted by Crippen LogP contribution is 2.47. The summed E-state index contributed by atoms with van der Waals surface area (Å²) in [6.45, 7) is 1.87. The average Bonchev–Trinajstić information content (AvgIpc) is 3.60.